The van der Waals surface area contributed by atoms with E-state index in [9.17, 15) is 4.39 Å². The van der Waals surface area contributed by atoms with E-state index in [0.717, 1.165) is 37.0 Å². The SMILES string of the molecule is CC(C)N(C)CCc1c[nH]c2cc(N3CCOCC3)c(F)cc12. The van der Waals surface area contributed by atoms with Gasteiger partial charge < -0.3 is 19.5 Å². The van der Waals surface area contributed by atoms with Crippen molar-refractivity contribution < 1.29 is 9.13 Å². The molecule has 0 saturated carbocycles. The number of anilines is 1. The van der Waals surface area contributed by atoms with Crippen LogP contribution < -0.4 is 4.90 Å². The molecule has 1 aromatic heterocycles. The lowest BCUT2D eigenvalue weighted by atomic mass is 10.1. The summed E-state index contributed by atoms with van der Waals surface area (Å²) in [6.07, 6.45) is 2.94. The highest BCUT2D eigenvalue weighted by Gasteiger charge is 2.17. The summed E-state index contributed by atoms with van der Waals surface area (Å²) < 4.78 is 19.9. The number of aromatic amines is 1. The molecule has 1 fully saturated rings. The maximum atomic E-state index is 14.6. The average molecular weight is 319 g/mol. The number of hydrogen-bond acceptors (Lipinski definition) is 3. The number of nitrogens with one attached hydrogen (secondary N) is 1. The van der Waals surface area contributed by atoms with Gasteiger partial charge in [-0.15, -0.1) is 0 Å². The first-order valence-corrected chi connectivity index (χ1v) is 8.38. The third-order valence-electron chi connectivity index (χ3n) is 4.80. The Hall–Kier alpha value is -1.59. The topological polar surface area (TPSA) is 31.5 Å². The number of hydrogen-bond donors (Lipinski definition) is 1. The Labute approximate surface area is 137 Å². The van der Waals surface area contributed by atoms with E-state index in [1.165, 1.54) is 5.56 Å². The van der Waals surface area contributed by atoms with Crippen molar-refractivity contribution in [3.63, 3.8) is 0 Å². The van der Waals surface area contributed by atoms with Gasteiger partial charge in [0.15, 0.2) is 0 Å². The predicted molar refractivity (Wildman–Crippen MR) is 92.8 cm³/mol. The van der Waals surface area contributed by atoms with Gasteiger partial charge in [0.2, 0.25) is 0 Å². The molecule has 1 aliphatic heterocycles. The van der Waals surface area contributed by atoms with E-state index >= 15 is 0 Å². The van der Waals surface area contributed by atoms with Gasteiger partial charge in [0.1, 0.15) is 5.82 Å². The molecule has 1 aromatic carbocycles. The number of fused-ring (bicyclic) bond motifs is 1. The van der Waals surface area contributed by atoms with Crippen LogP contribution in [0, 0.1) is 5.82 Å². The van der Waals surface area contributed by atoms with Gasteiger partial charge in [-0.2, -0.15) is 0 Å². The highest BCUT2D eigenvalue weighted by Crippen LogP contribution is 2.28. The largest absolute Gasteiger partial charge is 0.378 e. The van der Waals surface area contributed by atoms with Crippen molar-refractivity contribution in [2.45, 2.75) is 26.3 Å². The molecule has 0 spiro atoms. The van der Waals surface area contributed by atoms with Crippen molar-refractivity contribution in [1.82, 2.24) is 9.88 Å². The molecule has 126 valence electrons. The van der Waals surface area contributed by atoms with Crippen LogP contribution in [0.4, 0.5) is 10.1 Å². The Morgan fingerprint density at radius 1 is 1.30 bits per heavy atom. The van der Waals surface area contributed by atoms with Crippen LogP contribution in [0.15, 0.2) is 18.3 Å². The molecule has 1 N–H and O–H groups in total. The molecule has 4 nitrogen and oxygen atoms in total. The molecule has 0 unspecified atom stereocenters. The molecule has 2 aromatic rings. The fourth-order valence-electron chi connectivity index (χ4n) is 3.00. The van der Waals surface area contributed by atoms with Crippen LogP contribution in [0.5, 0.6) is 0 Å². The lowest BCUT2D eigenvalue weighted by molar-refractivity contribution is 0.122. The first-order chi connectivity index (χ1) is 11.1. The number of rotatable bonds is 5. The molecule has 1 saturated heterocycles. The van der Waals surface area contributed by atoms with Gasteiger partial charge in [0.25, 0.3) is 0 Å². The highest BCUT2D eigenvalue weighted by atomic mass is 19.1. The summed E-state index contributed by atoms with van der Waals surface area (Å²) in [4.78, 5) is 7.67. The lowest BCUT2D eigenvalue weighted by Gasteiger charge is -2.29. The zero-order valence-electron chi connectivity index (χ0n) is 14.2. The molecule has 0 radical (unpaired) electrons. The van der Waals surface area contributed by atoms with E-state index in [1.807, 2.05) is 12.3 Å². The van der Waals surface area contributed by atoms with Gasteiger partial charge in [0, 0.05) is 42.8 Å². The van der Waals surface area contributed by atoms with E-state index in [1.54, 1.807) is 6.07 Å². The number of nitrogens with zero attached hydrogens (tertiary/aromatic N) is 2. The molecular formula is C18H26FN3O. The second kappa shape index (κ2) is 6.89. The molecule has 0 bridgehead atoms. The molecule has 1 aliphatic rings. The monoisotopic (exact) mass is 319 g/mol. The zero-order chi connectivity index (χ0) is 16.4. The van der Waals surface area contributed by atoms with Gasteiger partial charge in [-0.25, -0.2) is 4.39 Å². The third kappa shape index (κ3) is 3.51. The molecule has 0 aliphatic carbocycles. The first kappa shape index (κ1) is 16.3. The number of aromatic nitrogens is 1. The Kier molecular flexibility index (Phi) is 4.87. The van der Waals surface area contributed by atoms with Crippen LogP contribution in [0.1, 0.15) is 19.4 Å². The molecule has 0 amide bonds. The van der Waals surface area contributed by atoms with Gasteiger partial charge in [-0.1, -0.05) is 0 Å². The Morgan fingerprint density at radius 2 is 2.04 bits per heavy atom. The number of morpholine rings is 1. The molecular weight excluding hydrogens is 293 g/mol. The number of halogens is 1. The van der Waals surface area contributed by atoms with Crippen LogP contribution in [-0.2, 0) is 11.2 Å². The summed E-state index contributed by atoms with van der Waals surface area (Å²) in [6.45, 7) is 8.15. The fraction of sp³-hybridized carbons (Fsp3) is 0.556. The number of H-pyrrole nitrogens is 1. The van der Waals surface area contributed by atoms with Crippen molar-refractivity contribution in [2.75, 3.05) is 44.8 Å². The molecule has 23 heavy (non-hydrogen) atoms. The first-order valence-electron chi connectivity index (χ1n) is 8.38. The Bertz CT molecular complexity index is 662. The highest BCUT2D eigenvalue weighted by molar-refractivity contribution is 5.86. The van der Waals surface area contributed by atoms with Crippen LogP contribution in [0.2, 0.25) is 0 Å². The Balaban J connectivity index is 1.82. The average Bonchev–Trinajstić information content (AvgIpc) is 2.94. The standard InChI is InChI=1S/C18H26FN3O/c1-13(2)21(3)5-4-14-12-20-17-11-18(16(19)10-15(14)17)22-6-8-23-9-7-22/h10-13,20H,4-9H2,1-3H3. The van der Waals surface area contributed by atoms with Gasteiger partial charge in [0.05, 0.1) is 18.9 Å². The van der Waals surface area contributed by atoms with Crippen LogP contribution in [-0.4, -0.2) is 55.8 Å². The summed E-state index contributed by atoms with van der Waals surface area (Å²) in [5.41, 5.74) is 2.86. The predicted octanol–water partition coefficient (Wildman–Crippen LogP) is 3.03. The number of ether oxygens (including phenoxy) is 1. The van der Waals surface area contributed by atoms with E-state index in [-0.39, 0.29) is 5.82 Å². The van der Waals surface area contributed by atoms with E-state index in [0.29, 0.717) is 24.9 Å². The smallest absolute Gasteiger partial charge is 0.147 e. The second-order valence-corrected chi connectivity index (χ2v) is 6.59. The van der Waals surface area contributed by atoms with Crippen molar-refractivity contribution in [3.05, 3.63) is 29.7 Å². The molecule has 3 rings (SSSR count). The van der Waals surface area contributed by atoms with Crippen molar-refractivity contribution in [1.29, 1.82) is 0 Å². The quantitative estimate of drug-likeness (QED) is 0.919. The maximum Gasteiger partial charge on any atom is 0.147 e. The Morgan fingerprint density at radius 3 is 2.74 bits per heavy atom. The van der Waals surface area contributed by atoms with Gasteiger partial charge >= 0.3 is 0 Å². The van der Waals surface area contributed by atoms with Crippen LogP contribution >= 0.6 is 0 Å². The van der Waals surface area contributed by atoms with Gasteiger partial charge in [-0.05, 0) is 45.0 Å². The van der Waals surface area contributed by atoms with E-state index < -0.39 is 0 Å². The maximum absolute atomic E-state index is 14.6. The molecule has 2 heterocycles. The minimum atomic E-state index is -0.141. The summed E-state index contributed by atoms with van der Waals surface area (Å²) in [7, 11) is 2.12. The van der Waals surface area contributed by atoms with Crippen LogP contribution in [0.3, 0.4) is 0 Å². The third-order valence-corrected chi connectivity index (χ3v) is 4.80. The van der Waals surface area contributed by atoms with Crippen molar-refractivity contribution in [2.24, 2.45) is 0 Å². The summed E-state index contributed by atoms with van der Waals surface area (Å²) >= 11 is 0. The summed E-state index contributed by atoms with van der Waals surface area (Å²) in [6, 6.07) is 4.14. The minimum Gasteiger partial charge on any atom is -0.378 e. The molecule has 5 heteroatoms. The zero-order valence-corrected chi connectivity index (χ0v) is 14.2. The van der Waals surface area contributed by atoms with E-state index in [4.69, 9.17) is 4.74 Å². The molecule has 0 atom stereocenters. The number of benzene rings is 1. The van der Waals surface area contributed by atoms with Crippen molar-refractivity contribution in [3.8, 4) is 0 Å². The normalized spacial score (nSPS) is 16.0. The number of likely N-dealkylation sites (N-methyl/N-ethyl adjacent to an activating group) is 1. The van der Waals surface area contributed by atoms with E-state index in [2.05, 4.69) is 35.7 Å². The fourth-order valence-corrected chi connectivity index (χ4v) is 3.00. The second-order valence-electron chi connectivity index (χ2n) is 6.59. The summed E-state index contributed by atoms with van der Waals surface area (Å²) in [5, 5.41) is 0.997. The summed E-state index contributed by atoms with van der Waals surface area (Å²) in [5.74, 6) is -0.141. The lowest BCUT2D eigenvalue weighted by Crippen LogP contribution is -2.36. The minimum absolute atomic E-state index is 0.141. The van der Waals surface area contributed by atoms with Crippen molar-refractivity contribution >= 4 is 16.6 Å². The van der Waals surface area contributed by atoms with Crippen LogP contribution in [0.25, 0.3) is 10.9 Å². The van der Waals surface area contributed by atoms with Gasteiger partial charge in [-0.3, -0.25) is 0 Å².